The fourth-order valence-corrected chi connectivity index (χ4v) is 5.66. The van der Waals surface area contributed by atoms with Crippen LogP contribution in [0.15, 0.2) is 4.99 Å². The Labute approximate surface area is 319 Å². The lowest BCUT2D eigenvalue weighted by atomic mass is 9.97. The lowest BCUT2D eigenvalue weighted by Crippen LogP contribution is -2.59. The third-order valence-corrected chi connectivity index (χ3v) is 9.00. The molecular formula is C33H59N11O11. The summed E-state index contributed by atoms with van der Waals surface area (Å²) in [5.74, 6) is -8.51. The van der Waals surface area contributed by atoms with E-state index >= 15 is 0 Å². The van der Waals surface area contributed by atoms with Gasteiger partial charge in [-0.25, -0.2) is 4.79 Å². The van der Waals surface area contributed by atoms with Crippen molar-refractivity contribution in [2.24, 2.45) is 33.8 Å². The van der Waals surface area contributed by atoms with E-state index in [9.17, 15) is 53.7 Å². The molecule has 0 saturated carbocycles. The summed E-state index contributed by atoms with van der Waals surface area (Å²) in [6.45, 7) is 4.44. The van der Waals surface area contributed by atoms with E-state index in [-0.39, 0.29) is 38.3 Å². The summed E-state index contributed by atoms with van der Waals surface area (Å²) in [7, 11) is 0. The number of aliphatic hydroxyl groups is 1. The minimum atomic E-state index is -1.68. The second kappa shape index (κ2) is 24.3. The van der Waals surface area contributed by atoms with Crippen LogP contribution in [-0.4, -0.2) is 142 Å². The molecule has 1 rings (SSSR count). The number of aliphatic carboxylic acids is 2. The average molecular weight is 786 g/mol. The Morgan fingerprint density at radius 2 is 1.53 bits per heavy atom. The van der Waals surface area contributed by atoms with E-state index in [1.165, 1.54) is 6.92 Å². The van der Waals surface area contributed by atoms with E-state index in [4.69, 9.17) is 22.9 Å². The number of nitrogens with two attached hydrogens (primary N) is 4. The maximum absolute atomic E-state index is 13.5. The number of carbonyl (C=O) groups is 8. The topological polar surface area (TPSA) is 377 Å². The maximum Gasteiger partial charge on any atom is 0.326 e. The minimum absolute atomic E-state index is 0.00667. The number of unbranched alkanes of at least 4 members (excludes halogenated alkanes) is 1. The zero-order valence-corrected chi connectivity index (χ0v) is 31.6. The number of nitrogens with one attached hydrogen (secondary N) is 5. The Morgan fingerprint density at radius 3 is 2.09 bits per heavy atom. The zero-order chi connectivity index (χ0) is 41.8. The zero-order valence-electron chi connectivity index (χ0n) is 31.6. The van der Waals surface area contributed by atoms with Crippen LogP contribution in [0.2, 0.25) is 0 Å². The number of nitrogens with zero attached hydrogens (tertiary/aromatic N) is 2. The molecule has 6 amide bonds. The van der Waals surface area contributed by atoms with Gasteiger partial charge < -0.3 is 69.7 Å². The quantitative estimate of drug-likeness (QED) is 0.0236. The lowest BCUT2D eigenvalue weighted by molar-refractivity contribution is -0.146. The van der Waals surface area contributed by atoms with Gasteiger partial charge in [0.25, 0.3) is 0 Å². The van der Waals surface area contributed by atoms with Crippen molar-refractivity contribution in [3.8, 4) is 0 Å². The fourth-order valence-electron chi connectivity index (χ4n) is 5.66. The van der Waals surface area contributed by atoms with Gasteiger partial charge in [0.05, 0.1) is 25.1 Å². The van der Waals surface area contributed by atoms with Gasteiger partial charge in [-0.1, -0.05) is 26.7 Å². The molecule has 22 nitrogen and oxygen atoms in total. The van der Waals surface area contributed by atoms with Crippen LogP contribution in [0.1, 0.15) is 78.6 Å². The molecule has 0 unspecified atom stereocenters. The molecule has 0 aromatic carbocycles. The standard InChI is InChI=1S/C33H59N11O11/c1-4-17(2)25(43-27(49)19(35)9-5-6-12-34)30(52)41-21(15-24(47)48)28(50)39-16-23(46)42-26(18(3)45)31(53)44-14-8-11-22(44)29(51)40-20(32(54)55)10-7-13-38-33(36)37/h17-22,25-26,45H,4-16,34-35H2,1-3H3,(H,39,50)(H,40,51)(H,41,52)(H,42,46)(H,43,49)(H,47,48)(H,54,55)(H4,36,37,38)/t17-,18+,19-,20-,21-,22-,25-,26-/m0/s1. The van der Waals surface area contributed by atoms with Crippen molar-refractivity contribution in [3.05, 3.63) is 0 Å². The summed E-state index contributed by atoms with van der Waals surface area (Å²) in [6.07, 6.45) is 0.371. The van der Waals surface area contributed by atoms with Crippen molar-refractivity contribution in [3.63, 3.8) is 0 Å². The maximum atomic E-state index is 13.5. The van der Waals surface area contributed by atoms with Gasteiger partial charge in [0.2, 0.25) is 35.4 Å². The van der Waals surface area contributed by atoms with Crippen LogP contribution in [0.3, 0.4) is 0 Å². The number of carboxylic acid groups (broad SMARTS) is 2. The highest BCUT2D eigenvalue weighted by molar-refractivity contribution is 5.97. The van der Waals surface area contributed by atoms with Crippen molar-refractivity contribution in [1.82, 2.24) is 31.5 Å². The molecule has 1 heterocycles. The second-order valence-electron chi connectivity index (χ2n) is 13.5. The number of hydrogen-bond donors (Lipinski definition) is 12. The van der Waals surface area contributed by atoms with Crippen molar-refractivity contribution in [2.45, 2.75) is 121 Å². The minimum Gasteiger partial charge on any atom is -0.481 e. The molecule has 8 atom stereocenters. The molecule has 1 aliphatic heterocycles. The fraction of sp³-hybridized carbons (Fsp3) is 0.727. The Bertz CT molecular complexity index is 1380. The molecule has 16 N–H and O–H groups in total. The molecular weight excluding hydrogens is 726 g/mol. The summed E-state index contributed by atoms with van der Waals surface area (Å²) in [6, 6.07) is -7.80. The first-order valence-electron chi connectivity index (χ1n) is 18.3. The Kier molecular flexibility index (Phi) is 21.2. The van der Waals surface area contributed by atoms with Gasteiger partial charge in [-0.05, 0) is 57.9 Å². The lowest BCUT2D eigenvalue weighted by Gasteiger charge is -2.30. The van der Waals surface area contributed by atoms with Crippen molar-refractivity contribution >= 4 is 53.3 Å². The normalized spacial score (nSPS) is 17.6. The number of aliphatic imine (C=N–C) groups is 1. The number of aliphatic hydroxyl groups excluding tert-OH is 1. The monoisotopic (exact) mass is 785 g/mol. The molecule has 0 aromatic heterocycles. The number of guanidine groups is 1. The molecule has 0 aromatic rings. The van der Waals surface area contributed by atoms with Gasteiger partial charge in [0, 0.05) is 13.1 Å². The van der Waals surface area contributed by atoms with Crippen LogP contribution in [0.5, 0.6) is 0 Å². The number of likely N-dealkylation sites (tertiary alicyclic amines) is 1. The van der Waals surface area contributed by atoms with Crippen molar-refractivity contribution in [1.29, 1.82) is 0 Å². The predicted octanol–water partition coefficient (Wildman–Crippen LogP) is -4.47. The third kappa shape index (κ3) is 16.9. The molecule has 1 aliphatic rings. The van der Waals surface area contributed by atoms with Crippen molar-refractivity contribution < 1.29 is 53.7 Å². The summed E-state index contributed by atoms with van der Waals surface area (Å²) in [4.78, 5) is 107. The van der Waals surface area contributed by atoms with Gasteiger partial charge in [-0.15, -0.1) is 0 Å². The predicted molar refractivity (Wildman–Crippen MR) is 197 cm³/mol. The summed E-state index contributed by atoms with van der Waals surface area (Å²) >= 11 is 0. The van der Waals surface area contributed by atoms with E-state index in [2.05, 4.69) is 31.6 Å². The van der Waals surface area contributed by atoms with Gasteiger partial charge in [0.1, 0.15) is 30.2 Å². The van der Waals surface area contributed by atoms with Crippen molar-refractivity contribution in [2.75, 3.05) is 26.2 Å². The summed E-state index contributed by atoms with van der Waals surface area (Å²) in [5.41, 5.74) is 22.0. The highest BCUT2D eigenvalue weighted by atomic mass is 16.4. The van der Waals surface area contributed by atoms with Crippen LogP contribution in [-0.2, 0) is 38.4 Å². The van der Waals surface area contributed by atoms with E-state index in [1.54, 1.807) is 13.8 Å². The summed E-state index contributed by atoms with van der Waals surface area (Å²) < 4.78 is 0. The third-order valence-electron chi connectivity index (χ3n) is 9.00. The molecule has 312 valence electrons. The SMILES string of the molecule is CC[C@H](C)[C@H](NC(=O)[C@@H](N)CCCCN)C(=O)N[C@@H](CC(=O)O)C(=O)NCC(=O)N[C@H](C(=O)N1CCC[C@H]1C(=O)N[C@@H](CCCN=C(N)N)C(=O)O)[C@@H](C)O. The first-order valence-corrected chi connectivity index (χ1v) is 18.3. The largest absolute Gasteiger partial charge is 0.481 e. The van der Waals surface area contributed by atoms with Gasteiger partial charge in [-0.2, -0.15) is 0 Å². The molecule has 1 saturated heterocycles. The van der Waals surface area contributed by atoms with E-state index in [0.717, 1.165) is 4.90 Å². The van der Waals surface area contributed by atoms with Crippen LogP contribution in [0, 0.1) is 5.92 Å². The van der Waals surface area contributed by atoms with E-state index in [0.29, 0.717) is 38.6 Å². The Balaban J connectivity index is 2.96. The highest BCUT2D eigenvalue weighted by Crippen LogP contribution is 2.20. The number of carboxylic acids is 2. The van der Waals surface area contributed by atoms with Crippen LogP contribution in [0.4, 0.5) is 0 Å². The molecule has 0 bridgehead atoms. The Hall–Kier alpha value is -5.09. The molecule has 0 spiro atoms. The number of rotatable bonds is 25. The first kappa shape index (κ1) is 47.9. The van der Waals surface area contributed by atoms with E-state index < -0.39 is 109 Å². The molecule has 55 heavy (non-hydrogen) atoms. The molecule has 0 aliphatic carbocycles. The second-order valence-corrected chi connectivity index (χ2v) is 13.5. The van der Waals surface area contributed by atoms with Crippen LogP contribution < -0.4 is 49.5 Å². The molecule has 22 heteroatoms. The first-order chi connectivity index (χ1) is 25.8. The number of carbonyl (C=O) groups excluding carboxylic acids is 6. The average Bonchev–Trinajstić information content (AvgIpc) is 3.62. The smallest absolute Gasteiger partial charge is 0.326 e. The molecule has 0 radical (unpaired) electrons. The number of hydrogen-bond acceptors (Lipinski definition) is 12. The number of amides is 6. The summed E-state index contributed by atoms with van der Waals surface area (Å²) in [5, 5.41) is 41.3. The molecule has 1 fully saturated rings. The Morgan fingerprint density at radius 1 is 0.855 bits per heavy atom. The van der Waals surface area contributed by atoms with E-state index in [1.807, 2.05) is 0 Å². The van der Waals surface area contributed by atoms with Crippen LogP contribution >= 0.6 is 0 Å². The highest BCUT2D eigenvalue weighted by Gasteiger charge is 2.40. The van der Waals surface area contributed by atoms with Gasteiger partial charge in [-0.3, -0.25) is 38.6 Å². The van der Waals surface area contributed by atoms with Gasteiger partial charge in [0.15, 0.2) is 5.96 Å². The van der Waals surface area contributed by atoms with Crippen LogP contribution in [0.25, 0.3) is 0 Å². The van der Waals surface area contributed by atoms with Gasteiger partial charge >= 0.3 is 11.9 Å².